The van der Waals surface area contributed by atoms with Gasteiger partial charge in [-0.3, -0.25) is 9.59 Å². The number of nitrogens with one attached hydrogen (secondary N) is 1. The maximum absolute atomic E-state index is 13.1. The molecule has 3 aliphatic heterocycles. The summed E-state index contributed by atoms with van der Waals surface area (Å²) < 4.78 is 10.9. The Hall–Kier alpha value is -3.58. The number of carboxylic acids is 1. The van der Waals surface area contributed by atoms with E-state index in [0.717, 1.165) is 0 Å². The number of carbonyl (C=O) groups excluding carboxylic acids is 5. The van der Waals surface area contributed by atoms with E-state index >= 15 is 0 Å². The van der Waals surface area contributed by atoms with Gasteiger partial charge in [0.05, 0.1) is 12.0 Å². The van der Waals surface area contributed by atoms with Gasteiger partial charge in [0, 0.05) is 45.7 Å². The zero-order valence-electron chi connectivity index (χ0n) is 24.9. The van der Waals surface area contributed by atoms with Crippen molar-refractivity contribution in [3.63, 3.8) is 0 Å². The zero-order chi connectivity index (χ0) is 30.8. The second-order valence-corrected chi connectivity index (χ2v) is 12.5. The molecule has 41 heavy (non-hydrogen) atoms. The Balaban J connectivity index is 1.49. The lowest BCUT2D eigenvalue weighted by atomic mass is 9.84. The number of β-lactam (4-membered cyclic amide) rings is 1. The van der Waals surface area contributed by atoms with Crippen LogP contribution in [0.25, 0.3) is 0 Å². The molecule has 3 heterocycles. The fraction of sp³-hybridized carbons (Fsp3) is 0.778. The number of rotatable bonds is 7. The minimum atomic E-state index is -1.46. The first-order valence-electron chi connectivity index (χ1n) is 14.1. The molecule has 0 radical (unpaired) electrons. The molecular weight excluding hydrogens is 538 g/mol. The normalized spacial score (nSPS) is 21.6. The number of carboxylic acid groups (broad SMARTS) is 1. The van der Waals surface area contributed by atoms with Crippen LogP contribution in [0.5, 0.6) is 0 Å². The van der Waals surface area contributed by atoms with Crippen molar-refractivity contribution in [3.05, 3.63) is 0 Å². The third-order valence-electron chi connectivity index (χ3n) is 7.38. The zero-order valence-corrected chi connectivity index (χ0v) is 24.9. The summed E-state index contributed by atoms with van der Waals surface area (Å²) in [6.07, 6.45) is -1.68. The SMILES string of the molecule is CC(C)C(OC(=O)N1CCN(C(=O)N2C(=O)[C@H](CC(=O)N3CC(NC(=O)OC(C)(C)C)C3)[C@H]2C(=O)O)CC1)C(C)C. The largest absolute Gasteiger partial charge is 0.480 e. The molecule has 0 saturated carbocycles. The number of urea groups is 1. The Bertz CT molecular complexity index is 1030. The van der Waals surface area contributed by atoms with Gasteiger partial charge in [-0.1, -0.05) is 27.7 Å². The molecule has 0 spiro atoms. The van der Waals surface area contributed by atoms with Crippen molar-refractivity contribution < 1.29 is 43.3 Å². The monoisotopic (exact) mass is 581 g/mol. The summed E-state index contributed by atoms with van der Waals surface area (Å²) in [5, 5.41) is 12.4. The Morgan fingerprint density at radius 2 is 1.46 bits per heavy atom. The van der Waals surface area contributed by atoms with Gasteiger partial charge in [0.1, 0.15) is 11.7 Å². The number of nitrogens with zero attached hydrogens (tertiary/aromatic N) is 4. The number of hydrogen-bond donors (Lipinski definition) is 2. The standard InChI is InChI=1S/C27H43N5O9/c1-15(2)21(16(3)4)40-26(39)30-10-8-29(9-11-30)25(38)32-20(23(35)36)18(22(32)34)12-19(33)31-13-17(14-31)28-24(37)41-27(5,6)7/h15-18,20-21H,8-14H2,1-7H3,(H,28,37)(H,35,36)/t18-,20+/m1/s1. The lowest BCUT2D eigenvalue weighted by Gasteiger charge is -2.47. The van der Waals surface area contributed by atoms with E-state index in [4.69, 9.17) is 9.47 Å². The van der Waals surface area contributed by atoms with E-state index < -0.39 is 53.6 Å². The molecule has 0 bridgehead atoms. The predicted octanol–water partition coefficient (Wildman–Crippen LogP) is 1.58. The van der Waals surface area contributed by atoms with Gasteiger partial charge in [-0.25, -0.2) is 24.1 Å². The maximum Gasteiger partial charge on any atom is 0.410 e. The minimum absolute atomic E-state index is 0.113. The highest BCUT2D eigenvalue weighted by Crippen LogP contribution is 2.32. The van der Waals surface area contributed by atoms with E-state index in [-0.39, 0.29) is 69.7 Å². The van der Waals surface area contributed by atoms with Gasteiger partial charge < -0.3 is 34.6 Å². The Labute approximate surface area is 240 Å². The summed E-state index contributed by atoms with van der Waals surface area (Å²) >= 11 is 0. The van der Waals surface area contributed by atoms with Gasteiger partial charge in [-0.2, -0.15) is 0 Å². The topological polar surface area (TPSA) is 166 Å². The summed E-state index contributed by atoms with van der Waals surface area (Å²) in [7, 11) is 0. The molecule has 14 nitrogen and oxygen atoms in total. The fourth-order valence-electron chi connectivity index (χ4n) is 5.27. The first kappa shape index (κ1) is 31.9. The maximum atomic E-state index is 13.1. The van der Waals surface area contributed by atoms with Crippen LogP contribution >= 0.6 is 0 Å². The van der Waals surface area contributed by atoms with Crippen molar-refractivity contribution in [1.82, 2.24) is 24.9 Å². The average molecular weight is 582 g/mol. The molecular formula is C27H43N5O9. The number of aliphatic carboxylic acids is 1. The van der Waals surface area contributed by atoms with Crippen molar-refractivity contribution >= 4 is 36.0 Å². The van der Waals surface area contributed by atoms with Crippen LogP contribution in [0.4, 0.5) is 14.4 Å². The summed E-state index contributed by atoms with van der Waals surface area (Å²) in [6, 6.07) is -2.53. The molecule has 14 heteroatoms. The molecule has 3 saturated heterocycles. The van der Waals surface area contributed by atoms with E-state index in [2.05, 4.69) is 5.32 Å². The van der Waals surface area contributed by atoms with Crippen molar-refractivity contribution in [3.8, 4) is 0 Å². The van der Waals surface area contributed by atoms with E-state index in [0.29, 0.717) is 4.90 Å². The summed E-state index contributed by atoms with van der Waals surface area (Å²) in [4.78, 5) is 80.1. The first-order chi connectivity index (χ1) is 19.0. The Kier molecular flexibility index (Phi) is 9.75. The highest BCUT2D eigenvalue weighted by Gasteiger charge is 2.57. The molecule has 0 aliphatic carbocycles. The number of likely N-dealkylation sites (tertiary alicyclic amines) is 2. The van der Waals surface area contributed by atoms with Crippen LogP contribution < -0.4 is 5.32 Å². The van der Waals surface area contributed by atoms with Crippen LogP contribution in [0.15, 0.2) is 0 Å². The van der Waals surface area contributed by atoms with Crippen molar-refractivity contribution in [2.24, 2.45) is 17.8 Å². The molecule has 2 N–H and O–H groups in total. The first-order valence-corrected chi connectivity index (χ1v) is 14.1. The van der Waals surface area contributed by atoms with E-state index in [1.807, 2.05) is 27.7 Å². The molecule has 6 amide bonds. The van der Waals surface area contributed by atoms with Gasteiger partial charge in [0.25, 0.3) is 0 Å². The van der Waals surface area contributed by atoms with Gasteiger partial charge in [0.2, 0.25) is 11.8 Å². The van der Waals surface area contributed by atoms with Crippen LogP contribution in [0.3, 0.4) is 0 Å². The lowest BCUT2D eigenvalue weighted by molar-refractivity contribution is -0.169. The number of alkyl carbamates (subject to hydrolysis) is 1. The van der Waals surface area contributed by atoms with Crippen molar-refractivity contribution in [2.75, 3.05) is 39.3 Å². The van der Waals surface area contributed by atoms with Gasteiger partial charge in [0.15, 0.2) is 6.04 Å². The van der Waals surface area contributed by atoms with E-state index in [1.165, 1.54) is 14.7 Å². The number of ether oxygens (including phenoxy) is 2. The summed E-state index contributed by atoms with van der Waals surface area (Å²) in [5.41, 5.74) is -0.660. The van der Waals surface area contributed by atoms with Crippen molar-refractivity contribution in [2.45, 2.75) is 78.7 Å². The molecule has 0 aromatic heterocycles. The molecule has 3 fully saturated rings. The van der Waals surface area contributed by atoms with Crippen molar-refractivity contribution in [1.29, 1.82) is 0 Å². The molecule has 230 valence electrons. The number of imide groups is 1. The Morgan fingerprint density at radius 1 is 0.927 bits per heavy atom. The summed E-state index contributed by atoms with van der Waals surface area (Å²) in [6.45, 7) is 14.1. The van der Waals surface area contributed by atoms with E-state index in [1.54, 1.807) is 20.8 Å². The smallest absolute Gasteiger partial charge is 0.410 e. The average Bonchev–Trinajstić information content (AvgIpc) is 2.83. The molecule has 0 aromatic carbocycles. The number of amides is 6. The second kappa shape index (κ2) is 12.5. The van der Waals surface area contributed by atoms with Gasteiger partial charge in [-0.05, 0) is 32.6 Å². The van der Waals surface area contributed by atoms with Crippen LogP contribution in [-0.4, -0.2) is 124 Å². The van der Waals surface area contributed by atoms with Crippen LogP contribution in [0.1, 0.15) is 54.9 Å². The highest BCUT2D eigenvalue weighted by molar-refractivity contribution is 6.08. The van der Waals surface area contributed by atoms with Gasteiger partial charge >= 0.3 is 24.2 Å². The van der Waals surface area contributed by atoms with E-state index in [9.17, 15) is 33.9 Å². The number of carbonyl (C=O) groups is 6. The second-order valence-electron chi connectivity index (χ2n) is 12.5. The minimum Gasteiger partial charge on any atom is -0.480 e. The third kappa shape index (κ3) is 7.59. The van der Waals surface area contributed by atoms with Crippen LogP contribution in [-0.2, 0) is 23.9 Å². The molecule has 0 unspecified atom stereocenters. The number of hydrogen-bond acceptors (Lipinski definition) is 8. The van der Waals surface area contributed by atoms with Crippen LogP contribution in [0, 0.1) is 17.8 Å². The predicted molar refractivity (Wildman–Crippen MR) is 145 cm³/mol. The van der Waals surface area contributed by atoms with Gasteiger partial charge in [-0.15, -0.1) is 0 Å². The molecule has 0 aromatic rings. The highest BCUT2D eigenvalue weighted by atomic mass is 16.6. The molecule has 3 rings (SSSR count). The Morgan fingerprint density at radius 3 is 1.95 bits per heavy atom. The fourth-order valence-corrected chi connectivity index (χ4v) is 5.27. The number of piperazine rings is 1. The molecule has 3 aliphatic rings. The summed E-state index contributed by atoms with van der Waals surface area (Å²) in [5.74, 6) is -3.41. The third-order valence-corrected chi connectivity index (χ3v) is 7.38. The quantitative estimate of drug-likeness (QED) is 0.424. The lowest BCUT2D eigenvalue weighted by Crippen LogP contribution is -2.70. The van der Waals surface area contributed by atoms with Crippen LogP contribution in [0.2, 0.25) is 0 Å². The molecule has 2 atom stereocenters.